The highest BCUT2D eigenvalue weighted by Gasteiger charge is 2.26. The van der Waals surface area contributed by atoms with Crippen molar-refractivity contribution in [2.24, 2.45) is 11.7 Å². The lowest BCUT2D eigenvalue weighted by Gasteiger charge is -2.30. The third kappa shape index (κ3) is 4.36. The second-order valence-electron chi connectivity index (χ2n) is 6.93. The molecule has 3 rings (SSSR count). The Morgan fingerprint density at radius 1 is 1.22 bits per heavy atom. The zero-order chi connectivity index (χ0) is 19.4. The van der Waals surface area contributed by atoms with Gasteiger partial charge in [-0.15, -0.1) is 0 Å². The normalized spacial score (nSPS) is 15.6. The van der Waals surface area contributed by atoms with Crippen LogP contribution >= 0.6 is 0 Å². The van der Waals surface area contributed by atoms with Crippen molar-refractivity contribution in [2.75, 3.05) is 19.7 Å². The average molecular weight is 370 g/mol. The molecular weight excluding hydrogens is 344 g/mol. The van der Waals surface area contributed by atoms with Crippen molar-refractivity contribution < 1.29 is 14.3 Å². The number of nitrogens with zero attached hydrogens (tertiary/aromatic N) is 3. The average Bonchev–Trinajstić information content (AvgIpc) is 3.06. The van der Waals surface area contributed by atoms with E-state index in [1.807, 2.05) is 31.2 Å². The minimum absolute atomic E-state index is 0.0622. The fourth-order valence-electron chi connectivity index (χ4n) is 3.40. The number of esters is 1. The second kappa shape index (κ2) is 8.35. The first-order valence-electron chi connectivity index (χ1n) is 9.32. The van der Waals surface area contributed by atoms with Gasteiger partial charge in [-0.1, -0.05) is 17.7 Å². The molecule has 2 heterocycles. The van der Waals surface area contributed by atoms with E-state index in [1.165, 1.54) is 0 Å². The standard InChI is InChI=1S/C20H26N4O3/c1-3-27-20(26)17-12-22-24(16-6-4-14(2)5-7-16)18(17)13-23-10-8-15(9-11-23)19(21)25/h4-7,12,15H,3,8-11,13H2,1-2H3,(H2,21,25). The fourth-order valence-corrected chi connectivity index (χ4v) is 3.40. The van der Waals surface area contributed by atoms with E-state index in [0.29, 0.717) is 18.7 Å². The quantitative estimate of drug-likeness (QED) is 0.786. The minimum atomic E-state index is -0.363. The largest absolute Gasteiger partial charge is 0.462 e. The van der Waals surface area contributed by atoms with Gasteiger partial charge in [-0.25, -0.2) is 9.48 Å². The van der Waals surface area contributed by atoms with Crippen LogP contribution in [-0.2, 0) is 16.1 Å². The van der Waals surface area contributed by atoms with Gasteiger partial charge in [0.1, 0.15) is 5.56 Å². The predicted molar refractivity (Wildman–Crippen MR) is 101 cm³/mol. The van der Waals surface area contributed by atoms with Crippen LogP contribution in [0.15, 0.2) is 30.5 Å². The Hall–Kier alpha value is -2.67. The van der Waals surface area contributed by atoms with Crippen molar-refractivity contribution in [3.8, 4) is 5.69 Å². The summed E-state index contributed by atoms with van der Waals surface area (Å²) >= 11 is 0. The maximum Gasteiger partial charge on any atom is 0.341 e. The number of benzene rings is 1. The molecular formula is C20H26N4O3. The molecule has 7 nitrogen and oxygen atoms in total. The van der Waals surface area contributed by atoms with Crippen LogP contribution in [0.1, 0.15) is 41.4 Å². The van der Waals surface area contributed by atoms with Crippen LogP contribution in [0.4, 0.5) is 0 Å². The van der Waals surface area contributed by atoms with Crippen LogP contribution in [0.3, 0.4) is 0 Å². The maximum atomic E-state index is 12.4. The van der Waals surface area contributed by atoms with Gasteiger partial charge < -0.3 is 10.5 Å². The molecule has 27 heavy (non-hydrogen) atoms. The molecule has 1 aromatic heterocycles. The number of nitrogens with two attached hydrogens (primary N) is 1. The minimum Gasteiger partial charge on any atom is -0.462 e. The van der Waals surface area contributed by atoms with Crippen molar-refractivity contribution in [3.05, 3.63) is 47.3 Å². The molecule has 2 aromatic rings. The highest BCUT2D eigenvalue weighted by Crippen LogP contribution is 2.22. The molecule has 1 aromatic carbocycles. The van der Waals surface area contributed by atoms with Crippen LogP contribution in [0.2, 0.25) is 0 Å². The molecule has 0 unspecified atom stereocenters. The summed E-state index contributed by atoms with van der Waals surface area (Å²) in [4.78, 5) is 26.0. The van der Waals surface area contributed by atoms with Crippen molar-refractivity contribution in [2.45, 2.75) is 33.2 Å². The van der Waals surface area contributed by atoms with Crippen LogP contribution in [-0.4, -0.2) is 46.3 Å². The van der Waals surface area contributed by atoms with Gasteiger partial charge in [-0.2, -0.15) is 5.10 Å². The number of carbonyl (C=O) groups excluding carboxylic acids is 2. The Balaban J connectivity index is 1.86. The molecule has 1 fully saturated rings. The summed E-state index contributed by atoms with van der Waals surface area (Å²) in [6, 6.07) is 8.01. The van der Waals surface area contributed by atoms with Crippen molar-refractivity contribution in [1.29, 1.82) is 0 Å². The van der Waals surface area contributed by atoms with E-state index in [1.54, 1.807) is 17.8 Å². The van der Waals surface area contributed by atoms with Crippen LogP contribution in [0, 0.1) is 12.8 Å². The second-order valence-corrected chi connectivity index (χ2v) is 6.93. The monoisotopic (exact) mass is 370 g/mol. The van der Waals surface area contributed by atoms with Gasteiger partial charge in [0.2, 0.25) is 5.91 Å². The van der Waals surface area contributed by atoms with E-state index >= 15 is 0 Å². The zero-order valence-corrected chi connectivity index (χ0v) is 15.9. The van der Waals surface area contributed by atoms with E-state index in [9.17, 15) is 9.59 Å². The third-order valence-electron chi connectivity index (χ3n) is 5.01. The smallest absolute Gasteiger partial charge is 0.341 e. The van der Waals surface area contributed by atoms with E-state index in [4.69, 9.17) is 10.5 Å². The molecule has 1 amide bonds. The number of hydrogen-bond donors (Lipinski definition) is 1. The molecule has 0 bridgehead atoms. The summed E-state index contributed by atoms with van der Waals surface area (Å²) in [5.41, 5.74) is 8.77. The lowest BCUT2D eigenvalue weighted by Crippen LogP contribution is -2.38. The molecule has 0 saturated carbocycles. The van der Waals surface area contributed by atoms with Crippen molar-refractivity contribution in [1.82, 2.24) is 14.7 Å². The molecule has 144 valence electrons. The summed E-state index contributed by atoms with van der Waals surface area (Å²) < 4.78 is 7.00. The number of aromatic nitrogens is 2. The van der Waals surface area contributed by atoms with E-state index in [2.05, 4.69) is 10.00 Å². The number of piperidine rings is 1. The highest BCUT2D eigenvalue weighted by atomic mass is 16.5. The SMILES string of the molecule is CCOC(=O)c1cnn(-c2ccc(C)cc2)c1CN1CCC(C(N)=O)CC1. The first-order chi connectivity index (χ1) is 13.0. The molecule has 2 N–H and O–H groups in total. The number of primary amides is 1. The first-order valence-corrected chi connectivity index (χ1v) is 9.32. The van der Waals surface area contributed by atoms with Gasteiger partial charge in [0.05, 0.1) is 24.2 Å². The molecule has 1 aliphatic heterocycles. The van der Waals surface area contributed by atoms with Crippen molar-refractivity contribution in [3.63, 3.8) is 0 Å². The first kappa shape index (κ1) is 19.1. The number of amides is 1. The molecule has 1 aliphatic rings. The Morgan fingerprint density at radius 2 is 1.89 bits per heavy atom. The number of aryl methyl sites for hydroxylation is 1. The molecule has 1 saturated heterocycles. The van der Waals surface area contributed by atoms with Gasteiger partial charge in [-0.05, 0) is 51.9 Å². The van der Waals surface area contributed by atoms with Crippen LogP contribution in [0.5, 0.6) is 0 Å². The Bertz CT molecular complexity index is 805. The highest BCUT2D eigenvalue weighted by molar-refractivity contribution is 5.90. The van der Waals surface area contributed by atoms with Gasteiger partial charge >= 0.3 is 5.97 Å². The topological polar surface area (TPSA) is 90.4 Å². The summed E-state index contributed by atoms with van der Waals surface area (Å²) in [7, 11) is 0. The predicted octanol–water partition coefficient (Wildman–Crippen LogP) is 2.05. The number of carbonyl (C=O) groups is 2. The summed E-state index contributed by atoms with van der Waals surface area (Å²) in [5.74, 6) is -0.655. The summed E-state index contributed by atoms with van der Waals surface area (Å²) in [5, 5.41) is 4.44. The Morgan fingerprint density at radius 3 is 2.48 bits per heavy atom. The van der Waals surface area contributed by atoms with Crippen LogP contribution in [0.25, 0.3) is 5.69 Å². The van der Waals surface area contributed by atoms with Gasteiger partial charge in [-0.3, -0.25) is 9.69 Å². The molecule has 7 heteroatoms. The molecule has 0 atom stereocenters. The Kier molecular flexibility index (Phi) is 5.91. The number of ether oxygens (including phenoxy) is 1. The van der Waals surface area contributed by atoms with Gasteiger partial charge in [0.25, 0.3) is 0 Å². The lowest BCUT2D eigenvalue weighted by atomic mass is 9.96. The number of likely N-dealkylation sites (tertiary alicyclic amines) is 1. The van der Waals surface area contributed by atoms with E-state index in [-0.39, 0.29) is 17.8 Å². The zero-order valence-electron chi connectivity index (χ0n) is 15.9. The Labute approximate surface area is 159 Å². The number of hydrogen-bond acceptors (Lipinski definition) is 5. The summed E-state index contributed by atoms with van der Waals surface area (Å²) in [6.45, 7) is 6.21. The lowest BCUT2D eigenvalue weighted by molar-refractivity contribution is -0.123. The van der Waals surface area contributed by atoms with Gasteiger partial charge in [0, 0.05) is 12.5 Å². The molecule has 0 radical (unpaired) electrons. The van der Waals surface area contributed by atoms with E-state index < -0.39 is 0 Å². The number of rotatable bonds is 6. The molecule has 0 spiro atoms. The van der Waals surface area contributed by atoms with E-state index in [0.717, 1.165) is 42.9 Å². The van der Waals surface area contributed by atoms with Crippen molar-refractivity contribution >= 4 is 11.9 Å². The molecule has 0 aliphatic carbocycles. The van der Waals surface area contributed by atoms with Crippen LogP contribution < -0.4 is 5.73 Å². The fraction of sp³-hybridized carbons (Fsp3) is 0.450. The van der Waals surface area contributed by atoms with Gasteiger partial charge in [0.15, 0.2) is 0 Å². The maximum absolute atomic E-state index is 12.4. The third-order valence-corrected chi connectivity index (χ3v) is 5.01. The summed E-state index contributed by atoms with van der Waals surface area (Å²) in [6.07, 6.45) is 3.05.